The number of carbonyl (C=O) groups excluding carboxylic acids is 1. The number of nitrogens with zero attached hydrogens (tertiary/aromatic N) is 4. The molecule has 3 aromatic rings. The standard InChI is InChI=1S/C12H7FN4O3S/c1-6-15-11(16-20-6)4-17-9-3-8(14-5-18)7(13)2-10(9)21-12(17)19/h2-3H,4H2,1H3. The number of thiazole rings is 1. The minimum atomic E-state index is -0.686. The van der Waals surface area contributed by atoms with Gasteiger partial charge in [-0.15, -0.1) is 0 Å². The molecule has 2 heterocycles. The molecule has 3 rings (SSSR count). The predicted molar refractivity (Wildman–Crippen MR) is 72.0 cm³/mol. The maximum absolute atomic E-state index is 13.7. The van der Waals surface area contributed by atoms with E-state index in [4.69, 9.17) is 4.52 Å². The summed E-state index contributed by atoms with van der Waals surface area (Å²) in [5, 5.41) is 3.71. The van der Waals surface area contributed by atoms with Crippen molar-refractivity contribution in [2.24, 2.45) is 4.99 Å². The average molecular weight is 306 g/mol. The Kier molecular flexibility index (Phi) is 3.20. The predicted octanol–water partition coefficient (Wildman–Crippen LogP) is 1.91. The molecule has 9 heteroatoms. The zero-order chi connectivity index (χ0) is 15.0. The van der Waals surface area contributed by atoms with Crippen molar-refractivity contribution in [1.29, 1.82) is 0 Å². The van der Waals surface area contributed by atoms with Crippen molar-refractivity contribution < 1.29 is 13.7 Å². The first-order chi connectivity index (χ1) is 10.1. The molecule has 0 atom stereocenters. The lowest BCUT2D eigenvalue weighted by atomic mass is 10.3. The van der Waals surface area contributed by atoms with Crippen LogP contribution in [0.15, 0.2) is 26.4 Å². The van der Waals surface area contributed by atoms with Gasteiger partial charge in [-0.25, -0.2) is 9.18 Å². The molecule has 2 aromatic heterocycles. The number of isocyanates is 1. The molecule has 0 aliphatic heterocycles. The molecule has 0 aliphatic rings. The maximum Gasteiger partial charge on any atom is 0.308 e. The maximum atomic E-state index is 13.7. The number of fused-ring (bicyclic) bond motifs is 1. The molecule has 0 N–H and O–H groups in total. The fourth-order valence-corrected chi connectivity index (χ4v) is 2.80. The second kappa shape index (κ2) is 5.04. The number of aryl methyl sites for hydroxylation is 1. The molecule has 0 bridgehead atoms. The molecule has 0 unspecified atom stereocenters. The smallest absolute Gasteiger partial charge is 0.308 e. The van der Waals surface area contributed by atoms with Crippen LogP contribution >= 0.6 is 11.3 Å². The van der Waals surface area contributed by atoms with Gasteiger partial charge in [-0.3, -0.25) is 9.36 Å². The summed E-state index contributed by atoms with van der Waals surface area (Å²) in [6.07, 6.45) is 1.28. The molecule has 106 valence electrons. The van der Waals surface area contributed by atoms with Crippen molar-refractivity contribution in [1.82, 2.24) is 14.7 Å². The summed E-state index contributed by atoms with van der Waals surface area (Å²) < 4.78 is 20.3. The number of rotatable bonds is 3. The molecule has 0 amide bonds. The van der Waals surface area contributed by atoms with Crippen molar-refractivity contribution in [2.45, 2.75) is 13.5 Å². The third-order valence-electron chi connectivity index (χ3n) is 2.77. The van der Waals surface area contributed by atoms with Crippen molar-refractivity contribution in [3.63, 3.8) is 0 Å². The molecule has 0 fully saturated rings. The topological polar surface area (TPSA) is 90.3 Å². The molecular formula is C12H7FN4O3S. The SMILES string of the molecule is Cc1nc(Cn2c(=O)sc3cc(F)c(N=C=O)cc32)no1. The fraction of sp³-hybridized carbons (Fsp3) is 0.167. The highest BCUT2D eigenvalue weighted by atomic mass is 32.1. The second-order valence-electron chi connectivity index (χ2n) is 4.16. The Morgan fingerprint density at radius 1 is 1.52 bits per heavy atom. The van der Waals surface area contributed by atoms with E-state index in [0.29, 0.717) is 21.9 Å². The summed E-state index contributed by atoms with van der Waals surface area (Å²) in [6.45, 7) is 1.73. The van der Waals surface area contributed by atoms with Crippen LogP contribution in [0.5, 0.6) is 0 Å². The lowest BCUT2D eigenvalue weighted by molar-refractivity contribution is 0.386. The third-order valence-corrected chi connectivity index (χ3v) is 3.71. The van der Waals surface area contributed by atoms with Gasteiger partial charge in [-0.05, 0) is 12.1 Å². The van der Waals surface area contributed by atoms with Crippen LogP contribution in [0, 0.1) is 12.7 Å². The van der Waals surface area contributed by atoms with Gasteiger partial charge in [0.2, 0.25) is 12.0 Å². The quantitative estimate of drug-likeness (QED) is 0.544. The Morgan fingerprint density at radius 3 is 3.00 bits per heavy atom. The lowest BCUT2D eigenvalue weighted by Gasteiger charge is -2.01. The van der Waals surface area contributed by atoms with E-state index in [0.717, 1.165) is 17.4 Å². The van der Waals surface area contributed by atoms with E-state index < -0.39 is 5.82 Å². The van der Waals surface area contributed by atoms with E-state index in [1.807, 2.05) is 0 Å². The number of benzene rings is 1. The van der Waals surface area contributed by atoms with E-state index in [2.05, 4.69) is 15.1 Å². The third kappa shape index (κ3) is 2.39. The van der Waals surface area contributed by atoms with Gasteiger partial charge >= 0.3 is 4.87 Å². The van der Waals surface area contributed by atoms with Crippen LogP contribution in [0.3, 0.4) is 0 Å². The average Bonchev–Trinajstić information content (AvgIpc) is 2.96. The van der Waals surface area contributed by atoms with Gasteiger partial charge in [0.15, 0.2) is 11.6 Å². The van der Waals surface area contributed by atoms with Crippen LogP contribution in [-0.4, -0.2) is 20.8 Å². The van der Waals surface area contributed by atoms with Gasteiger partial charge < -0.3 is 4.52 Å². The zero-order valence-electron chi connectivity index (χ0n) is 10.7. The molecule has 0 saturated heterocycles. The minimum absolute atomic E-state index is 0.0893. The Morgan fingerprint density at radius 2 is 2.33 bits per heavy atom. The van der Waals surface area contributed by atoms with E-state index in [9.17, 15) is 14.0 Å². The molecule has 0 aliphatic carbocycles. The highest BCUT2D eigenvalue weighted by Gasteiger charge is 2.14. The molecule has 0 saturated carbocycles. The summed E-state index contributed by atoms with van der Waals surface area (Å²) in [5.41, 5.74) is 0.274. The summed E-state index contributed by atoms with van der Waals surface area (Å²) in [5.74, 6) is 0.0311. The molecule has 7 nitrogen and oxygen atoms in total. The number of hydrogen-bond donors (Lipinski definition) is 0. The van der Waals surface area contributed by atoms with Crippen LogP contribution in [0.1, 0.15) is 11.7 Å². The van der Waals surface area contributed by atoms with E-state index in [1.54, 1.807) is 6.92 Å². The van der Waals surface area contributed by atoms with Gasteiger partial charge in [0.25, 0.3) is 0 Å². The summed E-state index contributed by atoms with van der Waals surface area (Å²) in [4.78, 5) is 29.3. The van der Waals surface area contributed by atoms with Crippen molar-refractivity contribution in [2.75, 3.05) is 0 Å². The first kappa shape index (κ1) is 13.3. The lowest BCUT2D eigenvalue weighted by Crippen LogP contribution is -2.14. The monoisotopic (exact) mass is 306 g/mol. The first-order valence-corrected chi connectivity index (χ1v) is 6.60. The van der Waals surface area contributed by atoms with E-state index in [-0.39, 0.29) is 17.1 Å². The van der Waals surface area contributed by atoms with E-state index in [1.165, 1.54) is 16.7 Å². The van der Waals surface area contributed by atoms with Crippen LogP contribution in [0.2, 0.25) is 0 Å². The van der Waals surface area contributed by atoms with Gasteiger partial charge in [0.1, 0.15) is 5.69 Å². The highest BCUT2D eigenvalue weighted by molar-refractivity contribution is 7.16. The molecular weight excluding hydrogens is 299 g/mol. The Bertz CT molecular complexity index is 936. The van der Waals surface area contributed by atoms with Crippen LogP contribution in [0.4, 0.5) is 10.1 Å². The highest BCUT2D eigenvalue weighted by Crippen LogP contribution is 2.26. The fourth-order valence-electron chi connectivity index (χ4n) is 1.90. The van der Waals surface area contributed by atoms with E-state index >= 15 is 0 Å². The summed E-state index contributed by atoms with van der Waals surface area (Å²) in [7, 11) is 0. The van der Waals surface area contributed by atoms with Gasteiger partial charge in [-0.1, -0.05) is 16.5 Å². The molecule has 21 heavy (non-hydrogen) atoms. The number of hydrogen-bond acceptors (Lipinski definition) is 7. The van der Waals surface area contributed by atoms with Gasteiger partial charge in [0, 0.05) is 6.92 Å². The van der Waals surface area contributed by atoms with Gasteiger partial charge in [0.05, 0.1) is 16.8 Å². The Labute approximate surface area is 120 Å². The summed E-state index contributed by atoms with van der Waals surface area (Å²) in [6, 6.07) is 2.48. The van der Waals surface area contributed by atoms with Crippen LogP contribution in [-0.2, 0) is 11.3 Å². The van der Waals surface area contributed by atoms with Crippen molar-refractivity contribution in [3.8, 4) is 0 Å². The van der Waals surface area contributed by atoms with Crippen molar-refractivity contribution >= 4 is 33.3 Å². The zero-order valence-corrected chi connectivity index (χ0v) is 11.5. The summed E-state index contributed by atoms with van der Waals surface area (Å²) >= 11 is 0.887. The molecule has 0 radical (unpaired) electrons. The number of halogens is 1. The number of aliphatic imine (C=N–C) groups is 1. The van der Waals surface area contributed by atoms with Crippen LogP contribution in [0.25, 0.3) is 10.2 Å². The minimum Gasteiger partial charge on any atom is -0.340 e. The first-order valence-electron chi connectivity index (χ1n) is 5.78. The second-order valence-corrected chi connectivity index (χ2v) is 5.15. The molecule has 1 aromatic carbocycles. The van der Waals surface area contributed by atoms with Gasteiger partial charge in [-0.2, -0.15) is 9.98 Å². The Hall–Kier alpha value is -2.64. The largest absolute Gasteiger partial charge is 0.340 e. The molecule has 0 spiro atoms. The van der Waals surface area contributed by atoms with Crippen LogP contribution < -0.4 is 4.87 Å². The number of aromatic nitrogens is 3. The Balaban J connectivity index is 2.17. The normalized spacial score (nSPS) is 10.8. The van der Waals surface area contributed by atoms with Crippen molar-refractivity contribution in [3.05, 3.63) is 39.3 Å².